The molecule has 4 rings (SSSR count). The normalized spacial score (nSPS) is 13.6. The molecule has 1 aromatic heterocycles. The molecule has 128 valence electrons. The van der Waals surface area contributed by atoms with Gasteiger partial charge in [0.25, 0.3) is 5.91 Å². The predicted octanol–water partition coefficient (Wildman–Crippen LogP) is 3.26. The lowest BCUT2D eigenvalue weighted by Crippen LogP contribution is -2.14. The van der Waals surface area contributed by atoms with E-state index in [4.69, 9.17) is 9.47 Å². The number of ether oxygens (including phenoxy) is 2. The standard InChI is InChI=1S/C19H18N2O3S/c1-11-6-12(2)18-14(7-11)21(3)19(25-18)20-17(22)9-13-4-5-15-16(8-13)24-10-23-15/h4-8H,9-10H2,1-3H3. The summed E-state index contributed by atoms with van der Waals surface area (Å²) in [5.41, 5.74) is 4.39. The highest BCUT2D eigenvalue weighted by atomic mass is 32.1. The highest BCUT2D eigenvalue weighted by Crippen LogP contribution is 2.32. The van der Waals surface area contributed by atoms with Crippen LogP contribution >= 0.6 is 11.3 Å². The van der Waals surface area contributed by atoms with Crippen molar-refractivity contribution in [2.45, 2.75) is 20.3 Å². The van der Waals surface area contributed by atoms with Gasteiger partial charge < -0.3 is 14.0 Å². The molecular weight excluding hydrogens is 336 g/mol. The van der Waals surface area contributed by atoms with Gasteiger partial charge in [0, 0.05) is 7.05 Å². The highest BCUT2D eigenvalue weighted by Gasteiger charge is 2.14. The van der Waals surface area contributed by atoms with E-state index in [0.717, 1.165) is 21.6 Å². The van der Waals surface area contributed by atoms with E-state index < -0.39 is 0 Å². The third kappa shape index (κ3) is 2.93. The first-order chi connectivity index (χ1) is 12.0. The second kappa shape index (κ2) is 6.04. The number of carbonyl (C=O) groups is 1. The zero-order chi connectivity index (χ0) is 17.6. The quantitative estimate of drug-likeness (QED) is 0.710. The lowest BCUT2D eigenvalue weighted by atomic mass is 10.1. The molecule has 0 atom stereocenters. The maximum absolute atomic E-state index is 12.4. The van der Waals surface area contributed by atoms with Gasteiger partial charge in [0.1, 0.15) is 0 Å². The van der Waals surface area contributed by atoms with E-state index in [1.165, 1.54) is 15.8 Å². The monoisotopic (exact) mass is 354 g/mol. The summed E-state index contributed by atoms with van der Waals surface area (Å²) in [5, 5.41) is 0. The summed E-state index contributed by atoms with van der Waals surface area (Å²) in [6.07, 6.45) is 0.239. The molecule has 0 N–H and O–H groups in total. The van der Waals surface area contributed by atoms with Crippen LogP contribution in [0.25, 0.3) is 10.2 Å². The summed E-state index contributed by atoms with van der Waals surface area (Å²) in [6, 6.07) is 9.82. The molecule has 25 heavy (non-hydrogen) atoms. The van der Waals surface area contributed by atoms with Crippen LogP contribution in [0.1, 0.15) is 16.7 Å². The van der Waals surface area contributed by atoms with Crippen LogP contribution in [0.4, 0.5) is 0 Å². The van der Waals surface area contributed by atoms with Crippen molar-refractivity contribution < 1.29 is 14.3 Å². The van der Waals surface area contributed by atoms with E-state index >= 15 is 0 Å². The molecule has 2 heterocycles. The lowest BCUT2D eigenvalue weighted by molar-refractivity contribution is -0.117. The van der Waals surface area contributed by atoms with Crippen molar-refractivity contribution in [2.24, 2.45) is 12.0 Å². The smallest absolute Gasteiger partial charge is 0.252 e. The van der Waals surface area contributed by atoms with E-state index in [-0.39, 0.29) is 19.1 Å². The molecule has 1 amide bonds. The van der Waals surface area contributed by atoms with Crippen LogP contribution in [0, 0.1) is 13.8 Å². The Bertz CT molecular complexity index is 1060. The zero-order valence-corrected chi connectivity index (χ0v) is 15.1. The summed E-state index contributed by atoms with van der Waals surface area (Å²) in [7, 11) is 1.95. The number of benzene rings is 2. The van der Waals surface area contributed by atoms with Crippen molar-refractivity contribution in [3.05, 3.63) is 51.8 Å². The van der Waals surface area contributed by atoms with Gasteiger partial charge in [0.05, 0.1) is 16.6 Å². The van der Waals surface area contributed by atoms with Crippen molar-refractivity contribution in [3.8, 4) is 11.5 Å². The fourth-order valence-electron chi connectivity index (χ4n) is 3.05. The number of thiazole rings is 1. The lowest BCUT2D eigenvalue weighted by Gasteiger charge is -2.01. The minimum Gasteiger partial charge on any atom is -0.454 e. The van der Waals surface area contributed by atoms with Gasteiger partial charge in [-0.2, -0.15) is 4.99 Å². The van der Waals surface area contributed by atoms with Gasteiger partial charge in [-0.1, -0.05) is 23.5 Å². The first-order valence-electron chi connectivity index (χ1n) is 8.04. The summed E-state index contributed by atoms with van der Waals surface area (Å²) < 4.78 is 13.8. The SMILES string of the molecule is Cc1cc(C)c2sc(=NC(=O)Cc3ccc4c(c3)OCO4)n(C)c2c1. The van der Waals surface area contributed by atoms with Crippen molar-refractivity contribution in [2.75, 3.05) is 6.79 Å². The Morgan fingerprint density at radius 3 is 2.84 bits per heavy atom. The first-order valence-corrected chi connectivity index (χ1v) is 8.86. The van der Waals surface area contributed by atoms with Gasteiger partial charge in [-0.3, -0.25) is 4.79 Å². The molecule has 0 aliphatic carbocycles. The molecular formula is C19H18N2O3S. The van der Waals surface area contributed by atoms with Crippen LogP contribution in [0.15, 0.2) is 35.3 Å². The fraction of sp³-hybridized carbons (Fsp3) is 0.263. The van der Waals surface area contributed by atoms with Gasteiger partial charge in [-0.15, -0.1) is 0 Å². The van der Waals surface area contributed by atoms with Crippen LogP contribution in [0.5, 0.6) is 11.5 Å². The van der Waals surface area contributed by atoms with E-state index in [9.17, 15) is 4.79 Å². The molecule has 2 aromatic carbocycles. The number of hydrogen-bond donors (Lipinski definition) is 0. The van der Waals surface area contributed by atoms with E-state index in [2.05, 4.69) is 31.0 Å². The Labute approximate surface area is 149 Å². The number of aromatic nitrogens is 1. The maximum atomic E-state index is 12.4. The number of hydrogen-bond acceptors (Lipinski definition) is 4. The van der Waals surface area contributed by atoms with Crippen LogP contribution in [-0.2, 0) is 18.3 Å². The van der Waals surface area contributed by atoms with Gasteiger partial charge in [-0.05, 0) is 48.7 Å². The number of aryl methyl sites for hydroxylation is 3. The van der Waals surface area contributed by atoms with E-state index in [1.54, 1.807) is 11.3 Å². The molecule has 0 bridgehead atoms. The second-order valence-corrected chi connectivity index (χ2v) is 7.22. The Hall–Kier alpha value is -2.60. The number of fused-ring (bicyclic) bond motifs is 2. The summed E-state index contributed by atoms with van der Waals surface area (Å²) in [5.74, 6) is 1.23. The molecule has 1 aliphatic heterocycles. The summed E-state index contributed by atoms with van der Waals surface area (Å²) in [4.78, 5) is 17.5. The average molecular weight is 354 g/mol. The molecule has 1 aliphatic rings. The van der Waals surface area contributed by atoms with Gasteiger partial charge >= 0.3 is 0 Å². The molecule has 0 radical (unpaired) electrons. The fourth-order valence-corrected chi connectivity index (χ4v) is 4.13. The van der Waals surface area contributed by atoms with Crippen molar-refractivity contribution in [3.63, 3.8) is 0 Å². The van der Waals surface area contributed by atoms with Gasteiger partial charge in [-0.25, -0.2) is 0 Å². The van der Waals surface area contributed by atoms with Crippen LogP contribution in [-0.4, -0.2) is 17.3 Å². The van der Waals surface area contributed by atoms with Crippen molar-refractivity contribution in [1.82, 2.24) is 4.57 Å². The zero-order valence-electron chi connectivity index (χ0n) is 14.3. The Morgan fingerprint density at radius 1 is 1.20 bits per heavy atom. The maximum Gasteiger partial charge on any atom is 0.252 e. The third-order valence-corrected chi connectivity index (χ3v) is 5.54. The molecule has 3 aromatic rings. The Kier molecular flexibility index (Phi) is 3.84. The van der Waals surface area contributed by atoms with Gasteiger partial charge in [0.2, 0.25) is 6.79 Å². The summed E-state index contributed by atoms with van der Waals surface area (Å²) in [6.45, 7) is 4.39. The Morgan fingerprint density at radius 2 is 2.00 bits per heavy atom. The molecule has 6 heteroatoms. The third-order valence-electron chi connectivity index (χ3n) is 4.25. The highest BCUT2D eigenvalue weighted by molar-refractivity contribution is 7.16. The van der Waals surface area contributed by atoms with Crippen LogP contribution in [0.3, 0.4) is 0 Å². The Balaban J connectivity index is 1.66. The van der Waals surface area contributed by atoms with Crippen LogP contribution < -0.4 is 14.3 Å². The number of nitrogens with zero attached hydrogens (tertiary/aromatic N) is 2. The molecule has 0 unspecified atom stereocenters. The van der Waals surface area contributed by atoms with E-state index in [1.807, 2.05) is 29.8 Å². The minimum absolute atomic E-state index is 0.171. The first kappa shape index (κ1) is 15.9. The molecule has 0 spiro atoms. The molecule has 5 nitrogen and oxygen atoms in total. The van der Waals surface area contributed by atoms with Crippen molar-refractivity contribution >= 4 is 27.5 Å². The largest absolute Gasteiger partial charge is 0.454 e. The van der Waals surface area contributed by atoms with Crippen LogP contribution in [0.2, 0.25) is 0 Å². The number of amides is 1. The molecule has 0 saturated carbocycles. The number of rotatable bonds is 2. The number of carbonyl (C=O) groups excluding carboxylic acids is 1. The van der Waals surface area contributed by atoms with Crippen molar-refractivity contribution in [1.29, 1.82) is 0 Å². The predicted molar refractivity (Wildman–Crippen MR) is 97.1 cm³/mol. The van der Waals surface area contributed by atoms with E-state index in [0.29, 0.717) is 5.75 Å². The molecule has 0 saturated heterocycles. The minimum atomic E-state index is -0.171. The summed E-state index contributed by atoms with van der Waals surface area (Å²) >= 11 is 1.55. The topological polar surface area (TPSA) is 52.8 Å². The molecule has 0 fully saturated rings. The second-order valence-electron chi connectivity index (χ2n) is 6.24. The van der Waals surface area contributed by atoms with Gasteiger partial charge in [0.15, 0.2) is 16.3 Å². The average Bonchev–Trinajstić information content (AvgIpc) is 3.13.